The number of nitrogens with zero attached hydrogens (tertiary/aromatic N) is 2. The third kappa shape index (κ3) is 4.98. The molecule has 2 aromatic carbocycles. The maximum absolute atomic E-state index is 13.5. The highest BCUT2D eigenvalue weighted by molar-refractivity contribution is 5.95. The van der Waals surface area contributed by atoms with Gasteiger partial charge in [-0.3, -0.25) is 4.79 Å². The number of hydrogen-bond acceptors (Lipinski definition) is 5. The maximum Gasteiger partial charge on any atom is 0.164 e. The molecule has 1 aliphatic heterocycles. The average molecular weight is 491 g/mol. The zero-order valence-electron chi connectivity index (χ0n) is 20.9. The molecule has 0 amide bonds. The summed E-state index contributed by atoms with van der Waals surface area (Å²) in [4.78, 5) is 14.3. The monoisotopic (exact) mass is 490 g/mol. The fraction of sp³-hybridized carbons (Fsp3) is 0.414. The van der Waals surface area contributed by atoms with E-state index < -0.39 is 0 Å². The van der Waals surface area contributed by atoms with Gasteiger partial charge in [-0.1, -0.05) is 12.1 Å². The molecule has 4 atom stereocenters. The fourth-order valence-electron chi connectivity index (χ4n) is 6.26. The summed E-state index contributed by atoms with van der Waals surface area (Å²) in [6, 6.07) is 13.0. The number of fused-ring (bicyclic) bond motifs is 1. The number of likely N-dealkylation sites (tertiary alicyclic amines) is 1. The van der Waals surface area contributed by atoms with Gasteiger partial charge in [-0.2, -0.15) is 10.2 Å². The summed E-state index contributed by atoms with van der Waals surface area (Å²) in [5.41, 5.74) is 3.54. The molecule has 2 heterocycles. The van der Waals surface area contributed by atoms with Gasteiger partial charge in [0.15, 0.2) is 5.78 Å². The van der Waals surface area contributed by atoms with E-state index in [4.69, 9.17) is 9.47 Å². The number of carbonyl (C=O) groups is 1. The molecule has 1 N–H and O–H groups in total. The van der Waals surface area contributed by atoms with E-state index in [2.05, 4.69) is 22.3 Å². The van der Waals surface area contributed by atoms with Crippen molar-refractivity contribution in [1.82, 2.24) is 10.2 Å². The molecular formula is C29H33FN3O3+. The zero-order chi connectivity index (χ0) is 25.1. The van der Waals surface area contributed by atoms with Crippen molar-refractivity contribution in [3.8, 4) is 22.6 Å². The molecule has 188 valence electrons. The molecule has 3 aromatic rings. The highest BCUT2D eigenvalue weighted by Crippen LogP contribution is 2.41. The largest absolute Gasteiger partial charge is 0.496 e. The van der Waals surface area contributed by atoms with Gasteiger partial charge in [0.05, 0.1) is 44.3 Å². The van der Waals surface area contributed by atoms with Crippen molar-refractivity contribution in [2.45, 2.75) is 45.2 Å². The molecule has 0 radical (unpaired) electrons. The van der Waals surface area contributed by atoms with E-state index in [1.165, 1.54) is 17.7 Å². The van der Waals surface area contributed by atoms with Gasteiger partial charge in [-0.15, -0.1) is 0 Å². The summed E-state index contributed by atoms with van der Waals surface area (Å²) >= 11 is 0. The molecule has 2 unspecified atom stereocenters. The van der Waals surface area contributed by atoms with Gasteiger partial charge in [-0.25, -0.2) is 4.39 Å². The number of aromatic nitrogens is 2. The minimum Gasteiger partial charge on any atom is -0.496 e. The van der Waals surface area contributed by atoms with Crippen molar-refractivity contribution in [2.75, 3.05) is 20.3 Å². The molecule has 6 nitrogen and oxygen atoms in total. The summed E-state index contributed by atoms with van der Waals surface area (Å²) in [5.74, 6) is 2.40. The Kier molecular flexibility index (Phi) is 7.28. The van der Waals surface area contributed by atoms with Crippen LogP contribution in [0.1, 0.15) is 48.5 Å². The first kappa shape index (κ1) is 24.4. The smallest absolute Gasteiger partial charge is 0.164 e. The lowest BCUT2D eigenvalue weighted by Crippen LogP contribution is -3.12. The molecule has 2 fully saturated rings. The molecule has 1 saturated heterocycles. The number of methoxy groups -OCH3 is 1. The molecule has 36 heavy (non-hydrogen) atoms. The number of ketones is 1. The van der Waals surface area contributed by atoms with Crippen molar-refractivity contribution in [1.29, 1.82) is 0 Å². The number of carbonyl (C=O) groups excluding carboxylic acids is 1. The van der Waals surface area contributed by atoms with Crippen LogP contribution in [0.15, 0.2) is 54.9 Å². The molecule has 5 rings (SSSR count). The Morgan fingerprint density at radius 2 is 1.89 bits per heavy atom. The standard InChI is InChI=1S/C29H32FN3O3/c1-3-36-28-15-19(14-27(35-2)29(28)20-4-7-23(30)8-5-20)18-33-13-11-24-21(6-9-25(24)33)16-26(34)22-10-12-31-32-17-22/h4-5,7-8,10,12,14-15,17,21,24-25H,3,6,9,11,13,16,18H2,1-2H3/p+1/t21?,24-,25+/m0/s1. The van der Waals surface area contributed by atoms with Crippen LogP contribution in [-0.2, 0) is 6.54 Å². The lowest BCUT2D eigenvalue weighted by molar-refractivity contribution is -0.927. The number of ether oxygens (including phenoxy) is 2. The average Bonchev–Trinajstić information content (AvgIpc) is 3.48. The van der Waals surface area contributed by atoms with Gasteiger partial charge < -0.3 is 14.4 Å². The first-order chi connectivity index (χ1) is 17.6. The van der Waals surface area contributed by atoms with Crippen LogP contribution in [0.3, 0.4) is 0 Å². The molecule has 1 aliphatic carbocycles. The lowest BCUT2D eigenvalue weighted by atomic mass is 9.88. The van der Waals surface area contributed by atoms with Crippen molar-refractivity contribution >= 4 is 5.78 Å². The second-order valence-electron chi connectivity index (χ2n) is 9.85. The van der Waals surface area contributed by atoms with Gasteiger partial charge in [0.25, 0.3) is 0 Å². The summed E-state index contributed by atoms with van der Waals surface area (Å²) in [7, 11) is 1.66. The Balaban J connectivity index is 1.32. The second-order valence-corrected chi connectivity index (χ2v) is 9.85. The SMILES string of the molecule is CCOc1cc(C[NH+]2CC[C@H]3C(CC(=O)c4ccnnc4)CC[C@H]32)cc(OC)c1-c1ccc(F)cc1. The Morgan fingerprint density at radius 1 is 1.08 bits per heavy atom. The molecule has 0 bridgehead atoms. The Morgan fingerprint density at radius 3 is 2.61 bits per heavy atom. The molecule has 1 aromatic heterocycles. The van der Waals surface area contributed by atoms with Crippen molar-refractivity contribution < 1.29 is 23.6 Å². The molecule has 1 saturated carbocycles. The van der Waals surface area contributed by atoms with Crippen LogP contribution in [0.4, 0.5) is 4.39 Å². The first-order valence-corrected chi connectivity index (χ1v) is 12.8. The van der Waals surface area contributed by atoms with Crippen LogP contribution in [0.2, 0.25) is 0 Å². The Hall–Kier alpha value is -3.32. The van der Waals surface area contributed by atoms with Crippen LogP contribution >= 0.6 is 0 Å². The van der Waals surface area contributed by atoms with Gasteiger partial charge in [0.2, 0.25) is 0 Å². The first-order valence-electron chi connectivity index (χ1n) is 12.8. The predicted octanol–water partition coefficient (Wildman–Crippen LogP) is 4.15. The van der Waals surface area contributed by atoms with Gasteiger partial charge in [-0.05, 0) is 61.6 Å². The zero-order valence-corrected chi connectivity index (χ0v) is 20.9. The van der Waals surface area contributed by atoms with Gasteiger partial charge in [0, 0.05) is 29.9 Å². The van der Waals surface area contributed by atoms with E-state index in [0.717, 1.165) is 55.0 Å². The van der Waals surface area contributed by atoms with E-state index in [1.54, 1.807) is 42.6 Å². The minimum atomic E-state index is -0.270. The number of rotatable bonds is 9. The predicted molar refractivity (Wildman–Crippen MR) is 135 cm³/mol. The summed E-state index contributed by atoms with van der Waals surface area (Å²) < 4.78 is 25.3. The third-order valence-corrected chi connectivity index (χ3v) is 7.86. The second kappa shape index (κ2) is 10.7. The van der Waals surface area contributed by atoms with E-state index in [-0.39, 0.29) is 11.6 Å². The van der Waals surface area contributed by atoms with Gasteiger partial charge >= 0.3 is 0 Å². The Labute approximate surface area is 211 Å². The van der Waals surface area contributed by atoms with E-state index in [9.17, 15) is 9.18 Å². The number of halogens is 1. The molecular weight excluding hydrogens is 457 g/mol. The van der Waals surface area contributed by atoms with Crippen molar-refractivity contribution in [2.24, 2.45) is 11.8 Å². The highest BCUT2D eigenvalue weighted by Gasteiger charge is 2.47. The molecule has 7 heteroatoms. The fourth-order valence-corrected chi connectivity index (χ4v) is 6.26. The number of benzene rings is 2. The lowest BCUT2D eigenvalue weighted by Gasteiger charge is -2.23. The Bertz CT molecular complexity index is 1200. The maximum atomic E-state index is 13.5. The van der Waals surface area contributed by atoms with E-state index in [1.807, 2.05) is 6.92 Å². The summed E-state index contributed by atoms with van der Waals surface area (Å²) in [6.07, 6.45) is 7.14. The van der Waals surface area contributed by atoms with E-state index in [0.29, 0.717) is 36.5 Å². The van der Waals surface area contributed by atoms with Crippen LogP contribution in [-0.4, -0.2) is 42.3 Å². The van der Waals surface area contributed by atoms with Crippen molar-refractivity contribution in [3.05, 3.63) is 71.8 Å². The van der Waals surface area contributed by atoms with Crippen molar-refractivity contribution in [3.63, 3.8) is 0 Å². The van der Waals surface area contributed by atoms with Crippen LogP contribution in [0, 0.1) is 17.7 Å². The summed E-state index contributed by atoms with van der Waals surface area (Å²) in [6.45, 7) is 4.48. The topological polar surface area (TPSA) is 65.8 Å². The van der Waals surface area contributed by atoms with Gasteiger partial charge in [0.1, 0.15) is 23.9 Å². The number of hydrogen-bond donors (Lipinski definition) is 1. The van der Waals surface area contributed by atoms with Crippen LogP contribution in [0.25, 0.3) is 11.1 Å². The highest BCUT2D eigenvalue weighted by atomic mass is 19.1. The molecule has 0 spiro atoms. The van der Waals surface area contributed by atoms with Crippen LogP contribution in [0.5, 0.6) is 11.5 Å². The third-order valence-electron chi connectivity index (χ3n) is 7.86. The summed E-state index contributed by atoms with van der Waals surface area (Å²) in [5, 5.41) is 7.64. The number of quaternary nitrogens is 1. The van der Waals surface area contributed by atoms with E-state index >= 15 is 0 Å². The van der Waals surface area contributed by atoms with Crippen LogP contribution < -0.4 is 14.4 Å². The normalized spacial score (nSPS) is 22.9. The molecule has 2 aliphatic rings. The number of nitrogens with one attached hydrogen (secondary N) is 1. The quantitative estimate of drug-likeness (QED) is 0.457. The number of Topliss-reactive ketones (excluding diaryl/α,β-unsaturated/α-hetero) is 1. The minimum absolute atomic E-state index is 0.173.